The molecule has 7 heteroatoms. The summed E-state index contributed by atoms with van der Waals surface area (Å²) in [7, 11) is 0. The van der Waals surface area contributed by atoms with Crippen LogP contribution >= 0.6 is 0 Å². The smallest absolute Gasteiger partial charge is 0.325 e. The maximum Gasteiger partial charge on any atom is 0.325 e. The highest BCUT2D eigenvalue weighted by molar-refractivity contribution is 6.03. The second-order valence-corrected chi connectivity index (χ2v) is 5.68. The first kappa shape index (κ1) is 14.4. The molecule has 1 aliphatic heterocycles. The molecule has 0 saturated carbocycles. The molecule has 0 aromatic heterocycles. The van der Waals surface area contributed by atoms with Crippen LogP contribution in [0.3, 0.4) is 0 Å². The average Bonchev–Trinajstić information content (AvgIpc) is 2.76. The third-order valence-electron chi connectivity index (χ3n) is 4.02. The van der Waals surface area contributed by atoms with Crippen LogP contribution < -0.4 is 16.4 Å². The summed E-state index contributed by atoms with van der Waals surface area (Å²) in [6.45, 7) is -0.178. The first-order chi connectivity index (χ1) is 10.5. The maximum atomic E-state index is 12.1. The number of nitrogen functional groups attached to an aromatic ring is 1. The number of aryl methyl sites for hydroxylation is 1. The van der Waals surface area contributed by atoms with Crippen LogP contribution in [0.1, 0.15) is 30.0 Å². The molecule has 22 heavy (non-hydrogen) atoms. The zero-order chi connectivity index (χ0) is 15.7. The van der Waals surface area contributed by atoms with Crippen molar-refractivity contribution in [2.45, 2.75) is 25.3 Å². The largest absolute Gasteiger partial charge is 0.399 e. The highest BCUT2D eigenvalue weighted by Gasteiger charge is 2.29. The Bertz CT molecular complexity index is 644. The molecule has 0 radical (unpaired) electrons. The fourth-order valence-electron chi connectivity index (χ4n) is 3.01. The molecular formula is C15H18N4O3. The van der Waals surface area contributed by atoms with Gasteiger partial charge in [-0.3, -0.25) is 14.9 Å². The van der Waals surface area contributed by atoms with Crippen LogP contribution in [0, 0.1) is 0 Å². The molecule has 1 aromatic rings. The Morgan fingerprint density at radius 2 is 2.23 bits per heavy atom. The van der Waals surface area contributed by atoms with Crippen molar-refractivity contribution in [3.63, 3.8) is 0 Å². The van der Waals surface area contributed by atoms with Crippen LogP contribution in [0.2, 0.25) is 0 Å². The molecule has 3 rings (SSSR count). The van der Waals surface area contributed by atoms with Gasteiger partial charge in [-0.1, -0.05) is 6.07 Å². The van der Waals surface area contributed by atoms with Crippen molar-refractivity contribution < 1.29 is 14.4 Å². The zero-order valence-corrected chi connectivity index (χ0v) is 12.1. The minimum atomic E-state index is -0.517. The Morgan fingerprint density at radius 1 is 1.41 bits per heavy atom. The number of carbonyl (C=O) groups is 3. The number of hydrogen-bond donors (Lipinski definition) is 3. The van der Waals surface area contributed by atoms with Gasteiger partial charge < -0.3 is 16.0 Å². The average molecular weight is 302 g/mol. The van der Waals surface area contributed by atoms with Gasteiger partial charge in [-0.15, -0.1) is 0 Å². The van der Waals surface area contributed by atoms with Gasteiger partial charge in [-0.2, -0.15) is 0 Å². The minimum Gasteiger partial charge on any atom is -0.399 e. The molecule has 7 nitrogen and oxygen atoms in total. The van der Waals surface area contributed by atoms with Crippen molar-refractivity contribution in [3.05, 3.63) is 29.3 Å². The number of hydrogen-bond acceptors (Lipinski definition) is 4. The molecule has 0 bridgehead atoms. The van der Waals surface area contributed by atoms with Gasteiger partial charge in [0.2, 0.25) is 11.8 Å². The molecule has 1 unspecified atom stereocenters. The van der Waals surface area contributed by atoms with E-state index in [-0.39, 0.29) is 30.9 Å². The predicted octanol–water partition coefficient (Wildman–Crippen LogP) is 0.314. The summed E-state index contributed by atoms with van der Waals surface area (Å²) in [5.41, 5.74) is 8.75. The summed E-state index contributed by atoms with van der Waals surface area (Å²) in [5, 5.41) is 5.10. The van der Waals surface area contributed by atoms with Gasteiger partial charge in [-0.25, -0.2) is 4.79 Å². The summed E-state index contributed by atoms with van der Waals surface area (Å²) < 4.78 is 0. The second-order valence-electron chi connectivity index (χ2n) is 5.68. The van der Waals surface area contributed by atoms with Gasteiger partial charge >= 0.3 is 6.03 Å². The number of urea groups is 1. The first-order valence-corrected chi connectivity index (χ1v) is 7.29. The number of nitrogens with two attached hydrogens (primary N) is 1. The van der Waals surface area contributed by atoms with Crippen molar-refractivity contribution in [2.75, 3.05) is 18.8 Å². The van der Waals surface area contributed by atoms with E-state index in [4.69, 9.17) is 5.73 Å². The summed E-state index contributed by atoms with van der Waals surface area (Å²) in [6, 6.07) is 5.13. The van der Waals surface area contributed by atoms with Crippen LogP contribution in [-0.4, -0.2) is 35.8 Å². The Balaban J connectivity index is 1.66. The van der Waals surface area contributed by atoms with Gasteiger partial charge in [0.25, 0.3) is 0 Å². The molecule has 1 aliphatic carbocycles. The predicted molar refractivity (Wildman–Crippen MR) is 79.8 cm³/mol. The Labute approximate surface area is 127 Å². The number of imide groups is 1. The van der Waals surface area contributed by atoms with Crippen LogP contribution in [0.15, 0.2) is 18.2 Å². The number of fused-ring (bicyclic) bond motifs is 1. The molecule has 4 amide bonds. The Kier molecular flexibility index (Phi) is 3.70. The molecular weight excluding hydrogens is 284 g/mol. The summed E-state index contributed by atoms with van der Waals surface area (Å²) in [6.07, 6.45) is 2.79. The molecule has 1 fully saturated rings. The standard InChI is InChI=1S/C15H18N4O3/c16-10-4-5-11-9(6-10)2-1-3-12(11)17-13(20)7-19-8-14(21)18-15(19)22/h4-6,12H,1-3,7-8,16H2,(H,17,20)(H,18,21,22). The summed E-state index contributed by atoms with van der Waals surface area (Å²) in [4.78, 5) is 35.9. The van der Waals surface area contributed by atoms with Gasteiger partial charge in [0.1, 0.15) is 13.1 Å². The second kappa shape index (κ2) is 5.67. The van der Waals surface area contributed by atoms with E-state index in [9.17, 15) is 14.4 Å². The van der Waals surface area contributed by atoms with E-state index in [0.29, 0.717) is 0 Å². The normalized spacial score (nSPS) is 20.5. The van der Waals surface area contributed by atoms with Crippen molar-refractivity contribution in [1.82, 2.24) is 15.5 Å². The molecule has 116 valence electrons. The Hall–Kier alpha value is -2.57. The quantitative estimate of drug-likeness (QED) is 0.552. The first-order valence-electron chi connectivity index (χ1n) is 7.29. The molecule has 1 aromatic carbocycles. The van der Waals surface area contributed by atoms with Crippen molar-refractivity contribution in [2.24, 2.45) is 0 Å². The zero-order valence-electron chi connectivity index (χ0n) is 12.1. The van der Waals surface area contributed by atoms with Crippen molar-refractivity contribution >= 4 is 23.5 Å². The van der Waals surface area contributed by atoms with E-state index in [2.05, 4.69) is 10.6 Å². The fraction of sp³-hybridized carbons (Fsp3) is 0.400. The molecule has 1 heterocycles. The van der Waals surface area contributed by atoms with E-state index in [1.165, 1.54) is 4.90 Å². The van der Waals surface area contributed by atoms with E-state index in [0.717, 1.165) is 36.1 Å². The lowest BCUT2D eigenvalue weighted by molar-refractivity contribution is -0.122. The van der Waals surface area contributed by atoms with Crippen LogP contribution in [0.25, 0.3) is 0 Å². The molecule has 4 N–H and O–H groups in total. The van der Waals surface area contributed by atoms with E-state index in [1.54, 1.807) is 0 Å². The van der Waals surface area contributed by atoms with Crippen LogP contribution in [-0.2, 0) is 16.0 Å². The topological polar surface area (TPSA) is 105 Å². The Morgan fingerprint density at radius 3 is 2.95 bits per heavy atom. The van der Waals surface area contributed by atoms with E-state index in [1.807, 2.05) is 18.2 Å². The van der Waals surface area contributed by atoms with E-state index < -0.39 is 6.03 Å². The van der Waals surface area contributed by atoms with Crippen LogP contribution in [0.5, 0.6) is 0 Å². The number of anilines is 1. The molecule has 0 spiro atoms. The summed E-state index contributed by atoms with van der Waals surface area (Å²) >= 11 is 0. The monoisotopic (exact) mass is 302 g/mol. The number of nitrogens with zero attached hydrogens (tertiary/aromatic N) is 1. The summed E-state index contributed by atoms with van der Waals surface area (Å²) in [5.74, 6) is -0.643. The third-order valence-corrected chi connectivity index (χ3v) is 4.02. The number of benzene rings is 1. The van der Waals surface area contributed by atoms with Gasteiger partial charge in [0.05, 0.1) is 6.04 Å². The number of amides is 4. The molecule has 1 saturated heterocycles. The number of rotatable bonds is 3. The lowest BCUT2D eigenvalue weighted by Gasteiger charge is -2.27. The van der Waals surface area contributed by atoms with Gasteiger partial charge in [0.15, 0.2) is 0 Å². The van der Waals surface area contributed by atoms with Gasteiger partial charge in [-0.05, 0) is 42.5 Å². The SMILES string of the molecule is Nc1ccc2c(c1)CCCC2NC(=O)CN1CC(=O)NC1=O. The fourth-order valence-corrected chi connectivity index (χ4v) is 3.01. The highest BCUT2D eigenvalue weighted by Crippen LogP contribution is 2.30. The van der Waals surface area contributed by atoms with Crippen LogP contribution in [0.4, 0.5) is 10.5 Å². The number of carbonyl (C=O) groups excluding carboxylic acids is 3. The number of nitrogens with one attached hydrogen (secondary N) is 2. The van der Waals surface area contributed by atoms with Gasteiger partial charge in [0, 0.05) is 5.69 Å². The highest BCUT2D eigenvalue weighted by atomic mass is 16.2. The third kappa shape index (κ3) is 2.88. The molecule has 2 aliphatic rings. The minimum absolute atomic E-state index is 0.0654. The lowest BCUT2D eigenvalue weighted by Crippen LogP contribution is -2.41. The van der Waals surface area contributed by atoms with E-state index >= 15 is 0 Å². The maximum absolute atomic E-state index is 12.1. The van der Waals surface area contributed by atoms with Crippen molar-refractivity contribution in [1.29, 1.82) is 0 Å². The van der Waals surface area contributed by atoms with Crippen molar-refractivity contribution in [3.8, 4) is 0 Å². The molecule has 1 atom stereocenters. The lowest BCUT2D eigenvalue weighted by atomic mass is 9.87.